The maximum absolute atomic E-state index is 11.9. The van der Waals surface area contributed by atoms with Crippen molar-refractivity contribution in [1.29, 1.82) is 0 Å². The molecule has 1 amide bonds. The number of amides is 1. The molecule has 0 saturated carbocycles. The Bertz CT molecular complexity index is 705. The van der Waals surface area contributed by atoms with E-state index in [9.17, 15) is 18.0 Å². The lowest BCUT2D eigenvalue weighted by molar-refractivity contribution is -0.143. The van der Waals surface area contributed by atoms with Crippen LogP contribution in [-0.4, -0.2) is 45.5 Å². The Hall–Kier alpha value is -2.29. The highest BCUT2D eigenvalue weighted by molar-refractivity contribution is 7.86. The zero-order valence-electron chi connectivity index (χ0n) is 14.9. The summed E-state index contributed by atoms with van der Waals surface area (Å²) in [5.41, 5.74) is -0.0256. The first-order valence-electron chi connectivity index (χ1n) is 7.45. The van der Waals surface area contributed by atoms with E-state index < -0.39 is 33.8 Å². The van der Waals surface area contributed by atoms with Crippen LogP contribution in [0.3, 0.4) is 0 Å². The van der Waals surface area contributed by atoms with Gasteiger partial charge in [0.15, 0.2) is 0 Å². The first-order chi connectivity index (χ1) is 11.4. The van der Waals surface area contributed by atoms with Crippen molar-refractivity contribution in [2.24, 2.45) is 0 Å². The molecule has 0 fully saturated rings. The molecule has 140 valence electrons. The van der Waals surface area contributed by atoms with Crippen molar-refractivity contribution in [2.75, 3.05) is 13.4 Å². The molecule has 0 heterocycles. The number of nitrogens with one attached hydrogen (secondary N) is 1. The lowest BCUT2D eigenvalue weighted by Gasteiger charge is -2.22. The SMILES string of the molecule is COC(=O)[C@H](Cc1ccc(OS(C)(=O)=O)cc1)NC(=O)OC(C)(C)C. The molecule has 0 unspecified atom stereocenters. The monoisotopic (exact) mass is 373 g/mol. The molecule has 9 heteroatoms. The minimum Gasteiger partial charge on any atom is -0.467 e. The van der Waals surface area contributed by atoms with Gasteiger partial charge in [0.2, 0.25) is 0 Å². The van der Waals surface area contributed by atoms with Gasteiger partial charge in [-0.3, -0.25) is 0 Å². The zero-order valence-corrected chi connectivity index (χ0v) is 15.7. The van der Waals surface area contributed by atoms with E-state index >= 15 is 0 Å². The van der Waals surface area contributed by atoms with E-state index in [4.69, 9.17) is 13.7 Å². The smallest absolute Gasteiger partial charge is 0.408 e. The van der Waals surface area contributed by atoms with Gasteiger partial charge >= 0.3 is 22.2 Å². The summed E-state index contributed by atoms with van der Waals surface area (Å²) in [7, 11) is -2.39. The van der Waals surface area contributed by atoms with Crippen LogP contribution in [0, 0.1) is 0 Å². The molecular weight excluding hydrogens is 350 g/mol. The van der Waals surface area contributed by atoms with Gasteiger partial charge in [-0.2, -0.15) is 8.42 Å². The molecule has 1 atom stereocenters. The minimum atomic E-state index is -3.61. The van der Waals surface area contributed by atoms with Crippen LogP contribution in [0.4, 0.5) is 4.79 Å². The number of alkyl carbamates (subject to hydrolysis) is 1. The van der Waals surface area contributed by atoms with Crippen LogP contribution in [0.5, 0.6) is 5.75 Å². The van der Waals surface area contributed by atoms with Gasteiger partial charge in [0.25, 0.3) is 0 Å². The Labute approximate surface area is 147 Å². The number of hydrogen-bond acceptors (Lipinski definition) is 7. The largest absolute Gasteiger partial charge is 0.467 e. The van der Waals surface area contributed by atoms with Crippen molar-refractivity contribution in [3.8, 4) is 5.75 Å². The van der Waals surface area contributed by atoms with Crippen molar-refractivity contribution in [3.63, 3.8) is 0 Å². The number of carbonyl (C=O) groups excluding carboxylic acids is 2. The van der Waals surface area contributed by atoms with Gasteiger partial charge in [0.05, 0.1) is 13.4 Å². The molecule has 1 N–H and O–H groups in total. The van der Waals surface area contributed by atoms with Crippen LogP contribution in [0.25, 0.3) is 0 Å². The van der Waals surface area contributed by atoms with E-state index in [1.54, 1.807) is 32.9 Å². The second-order valence-corrected chi connectivity index (χ2v) is 7.93. The summed E-state index contributed by atoms with van der Waals surface area (Å²) in [4.78, 5) is 23.7. The lowest BCUT2D eigenvalue weighted by Crippen LogP contribution is -2.45. The maximum Gasteiger partial charge on any atom is 0.408 e. The average Bonchev–Trinajstić information content (AvgIpc) is 2.44. The molecule has 0 spiro atoms. The molecule has 0 aliphatic heterocycles. The standard InChI is InChI=1S/C16H23NO7S/c1-16(2,3)23-15(19)17-13(14(18)22-4)10-11-6-8-12(9-7-11)24-25(5,20)21/h6-9,13H,10H2,1-5H3,(H,17,19)/t13-/m0/s1. The fourth-order valence-corrected chi connectivity index (χ4v) is 2.34. The first kappa shape index (κ1) is 20.8. The topological polar surface area (TPSA) is 108 Å². The molecule has 25 heavy (non-hydrogen) atoms. The Morgan fingerprint density at radius 1 is 1.16 bits per heavy atom. The lowest BCUT2D eigenvalue weighted by atomic mass is 10.1. The Balaban J connectivity index is 2.81. The van der Waals surface area contributed by atoms with Crippen molar-refractivity contribution < 1.29 is 31.7 Å². The molecule has 0 aromatic heterocycles. The quantitative estimate of drug-likeness (QED) is 0.596. The summed E-state index contributed by atoms with van der Waals surface area (Å²) >= 11 is 0. The molecule has 1 aromatic rings. The van der Waals surface area contributed by atoms with Gasteiger partial charge in [-0.15, -0.1) is 0 Å². The van der Waals surface area contributed by atoms with E-state index in [0.717, 1.165) is 6.26 Å². The highest BCUT2D eigenvalue weighted by atomic mass is 32.2. The van der Waals surface area contributed by atoms with Gasteiger partial charge in [-0.1, -0.05) is 12.1 Å². The van der Waals surface area contributed by atoms with E-state index in [0.29, 0.717) is 5.56 Å². The summed E-state index contributed by atoms with van der Waals surface area (Å²) in [5, 5.41) is 2.46. The fraction of sp³-hybridized carbons (Fsp3) is 0.500. The van der Waals surface area contributed by atoms with E-state index in [2.05, 4.69) is 5.32 Å². The summed E-state index contributed by atoms with van der Waals surface area (Å²) in [5.74, 6) is -0.469. The number of benzene rings is 1. The van der Waals surface area contributed by atoms with Crippen molar-refractivity contribution in [1.82, 2.24) is 5.32 Å². The summed E-state index contributed by atoms with van der Waals surface area (Å²) in [6.07, 6.45) is 0.351. The zero-order chi connectivity index (χ0) is 19.3. The van der Waals surface area contributed by atoms with Gasteiger partial charge in [-0.05, 0) is 38.5 Å². The predicted molar refractivity (Wildman–Crippen MR) is 90.8 cm³/mol. The number of carbonyl (C=O) groups is 2. The number of ether oxygens (including phenoxy) is 2. The van der Waals surface area contributed by atoms with Gasteiger partial charge in [-0.25, -0.2) is 9.59 Å². The van der Waals surface area contributed by atoms with Gasteiger partial charge in [0.1, 0.15) is 17.4 Å². The second kappa shape index (κ2) is 8.19. The highest BCUT2D eigenvalue weighted by Crippen LogP contribution is 2.16. The van der Waals surface area contributed by atoms with Gasteiger partial charge < -0.3 is 19.0 Å². The third-order valence-corrected chi connectivity index (χ3v) is 3.28. The minimum absolute atomic E-state index is 0.144. The molecule has 0 aliphatic carbocycles. The molecular formula is C16H23NO7S. The average molecular weight is 373 g/mol. The normalized spacial score (nSPS) is 12.8. The van der Waals surface area contributed by atoms with Crippen molar-refractivity contribution in [3.05, 3.63) is 29.8 Å². The van der Waals surface area contributed by atoms with E-state index in [1.165, 1.54) is 19.2 Å². The van der Waals surface area contributed by atoms with E-state index in [1.807, 2.05) is 0 Å². The third kappa shape index (κ3) is 8.39. The number of methoxy groups -OCH3 is 1. The highest BCUT2D eigenvalue weighted by Gasteiger charge is 2.25. The maximum atomic E-state index is 11.9. The third-order valence-electron chi connectivity index (χ3n) is 2.79. The Morgan fingerprint density at radius 2 is 1.72 bits per heavy atom. The first-order valence-corrected chi connectivity index (χ1v) is 9.27. The van der Waals surface area contributed by atoms with Crippen LogP contribution in [-0.2, 0) is 30.8 Å². The molecule has 0 saturated heterocycles. The molecule has 8 nitrogen and oxygen atoms in total. The number of rotatable bonds is 6. The molecule has 0 aliphatic rings. The summed E-state index contributed by atoms with van der Waals surface area (Å²) in [6.45, 7) is 5.13. The number of hydrogen-bond donors (Lipinski definition) is 1. The second-order valence-electron chi connectivity index (χ2n) is 6.36. The Kier molecular flexibility index (Phi) is 6.80. The van der Waals surface area contributed by atoms with Crippen LogP contribution >= 0.6 is 0 Å². The molecule has 1 rings (SSSR count). The number of esters is 1. The summed E-state index contributed by atoms with van der Waals surface area (Å²) in [6, 6.07) is 5.15. The predicted octanol–water partition coefficient (Wildman–Crippen LogP) is 1.63. The van der Waals surface area contributed by atoms with Crippen LogP contribution in [0.1, 0.15) is 26.3 Å². The van der Waals surface area contributed by atoms with Crippen molar-refractivity contribution >= 4 is 22.2 Å². The van der Waals surface area contributed by atoms with Crippen LogP contribution in [0.15, 0.2) is 24.3 Å². The van der Waals surface area contributed by atoms with E-state index in [-0.39, 0.29) is 12.2 Å². The van der Waals surface area contributed by atoms with Crippen molar-refractivity contribution in [2.45, 2.75) is 38.8 Å². The van der Waals surface area contributed by atoms with Crippen LogP contribution < -0.4 is 9.50 Å². The molecule has 0 radical (unpaired) electrons. The van der Waals surface area contributed by atoms with Crippen LogP contribution in [0.2, 0.25) is 0 Å². The molecule has 0 bridgehead atoms. The molecule has 1 aromatic carbocycles. The fourth-order valence-electron chi connectivity index (χ4n) is 1.88. The Morgan fingerprint density at radius 3 is 2.16 bits per heavy atom. The summed E-state index contributed by atoms with van der Waals surface area (Å²) < 4.78 is 36.7. The van der Waals surface area contributed by atoms with Gasteiger partial charge in [0, 0.05) is 6.42 Å².